The van der Waals surface area contributed by atoms with Gasteiger partial charge < -0.3 is 9.22 Å². The van der Waals surface area contributed by atoms with Crippen LogP contribution in [0.25, 0.3) is 0 Å². The van der Waals surface area contributed by atoms with E-state index in [0.717, 1.165) is 24.0 Å². The van der Waals surface area contributed by atoms with Crippen LogP contribution in [0.2, 0.25) is 0 Å². The van der Waals surface area contributed by atoms with Crippen molar-refractivity contribution in [3.8, 4) is 0 Å². The largest absolute Gasteiger partial charge is 0.466 e. The van der Waals surface area contributed by atoms with Crippen LogP contribution in [-0.2, 0) is 16.0 Å². The predicted molar refractivity (Wildman–Crippen MR) is 78.1 cm³/mol. The molecule has 2 aliphatic rings. The van der Waals surface area contributed by atoms with Crippen LogP contribution in [0.4, 0.5) is 0 Å². The van der Waals surface area contributed by atoms with Crippen molar-refractivity contribution in [1.82, 2.24) is 0 Å². The van der Waals surface area contributed by atoms with Gasteiger partial charge in [-0.2, -0.15) is 0 Å². The first-order chi connectivity index (χ1) is 9.72. The lowest BCUT2D eigenvalue weighted by molar-refractivity contribution is -0.910. The molecule has 3 rings (SSSR count). The Morgan fingerprint density at radius 2 is 2.10 bits per heavy atom. The smallest absolute Gasteiger partial charge is 0.315 e. The van der Waals surface area contributed by atoms with Crippen molar-refractivity contribution in [2.45, 2.75) is 19.8 Å². The van der Waals surface area contributed by atoms with Crippen LogP contribution >= 0.6 is 0 Å². The number of piperidine rings is 1. The molecule has 0 N–H and O–H groups in total. The number of benzene rings is 1. The molecule has 20 heavy (non-hydrogen) atoms. The molecule has 3 heteroatoms. The molecule has 2 saturated heterocycles. The molecule has 2 heterocycles. The van der Waals surface area contributed by atoms with Crippen LogP contribution in [0, 0.1) is 11.8 Å². The van der Waals surface area contributed by atoms with Gasteiger partial charge in [-0.05, 0) is 12.5 Å². The number of carbonyl (C=O) groups excluding carboxylic acids is 1. The number of fused-ring (bicyclic) bond motifs is 2. The first kappa shape index (κ1) is 13.6. The molecule has 0 saturated carbocycles. The van der Waals surface area contributed by atoms with Gasteiger partial charge in [-0.1, -0.05) is 30.3 Å². The molecule has 0 spiro atoms. The van der Waals surface area contributed by atoms with Gasteiger partial charge >= 0.3 is 5.97 Å². The van der Waals surface area contributed by atoms with E-state index < -0.39 is 0 Å². The second-order valence-electron chi connectivity index (χ2n) is 6.30. The first-order valence-corrected chi connectivity index (χ1v) is 7.78. The topological polar surface area (TPSA) is 26.3 Å². The summed E-state index contributed by atoms with van der Waals surface area (Å²) in [6.45, 7) is 6.98. The number of carbonyl (C=O) groups is 1. The summed E-state index contributed by atoms with van der Waals surface area (Å²) >= 11 is 0. The molecule has 3 atom stereocenters. The molecule has 0 aromatic heterocycles. The molecule has 0 aliphatic carbocycles. The second-order valence-corrected chi connectivity index (χ2v) is 6.30. The fourth-order valence-corrected chi connectivity index (χ4v) is 4.00. The zero-order chi connectivity index (χ0) is 14.0. The molecule has 2 fully saturated rings. The normalized spacial score (nSPS) is 31.4. The lowest BCUT2D eigenvalue weighted by Crippen LogP contribution is -2.47. The van der Waals surface area contributed by atoms with Crippen molar-refractivity contribution in [1.29, 1.82) is 0 Å². The third-order valence-corrected chi connectivity index (χ3v) is 5.06. The Labute approximate surface area is 121 Å². The summed E-state index contributed by atoms with van der Waals surface area (Å²) in [4.78, 5) is 12.0. The van der Waals surface area contributed by atoms with Crippen molar-refractivity contribution in [2.24, 2.45) is 11.8 Å². The fourth-order valence-electron chi connectivity index (χ4n) is 4.00. The summed E-state index contributed by atoms with van der Waals surface area (Å²) in [5, 5.41) is 0. The van der Waals surface area contributed by atoms with E-state index in [9.17, 15) is 4.79 Å². The highest BCUT2D eigenvalue weighted by Crippen LogP contribution is 2.40. The van der Waals surface area contributed by atoms with Gasteiger partial charge in [0.1, 0.15) is 5.92 Å². The highest BCUT2D eigenvalue weighted by molar-refractivity contribution is 5.73. The molecular weight excluding hydrogens is 250 g/mol. The fraction of sp³-hybridized carbons (Fsp3) is 0.588. The average molecular weight is 274 g/mol. The molecule has 1 aromatic carbocycles. The number of esters is 1. The third kappa shape index (κ3) is 2.59. The van der Waals surface area contributed by atoms with E-state index in [0.29, 0.717) is 12.5 Å². The minimum absolute atomic E-state index is 0.0388. The van der Waals surface area contributed by atoms with Crippen molar-refractivity contribution < 1.29 is 14.0 Å². The molecule has 0 radical (unpaired) electrons. The van der Waals surface area contributed by atoms with Crippen molar-refractivity contribution in [3.63, 3.8) is 0 Å². The molecule has 3 nitrogen and oxygen atoms in total. The minimum Gasteiger partial charge on any atom is -0.466 e. The van der Waals surface area contributed by atoms with Crippen LogP contribution in [0.1, 0.15) is 18.9 Å². The first-order valence-electron chi connectivity index (χ1n) is 7.78. The van der Waals surface area contributed by atoms with E-state index in [4.69, 9.17) is 4.74 Å². The Hall–Kier alpha value is -1.35. The quantitative estimate of drug-likeness (QED) is 0.608. The number of hydrogen-bond acceptors (Lipinski definition) is 2. The van der Waals surface area contributed by atoms with E-state index in [1.165, 1.54) is 25.1 Å². The highest BCUT2D eigenvalue weighted by Gasteiger charge is 2.53. The lowest BCUT2D eigenvalue weighted by atomic mass is 9.92. The summed E-state index contributed by atoms with van der Waals surface area (Å²) in [5.41, 5.74) is 1.41. The standard InChI is InChI=1S/C17H24NO2/c1-2-20-17(19)16-13-18(11-9-15(16)12-18)10-8-14-6-4-3-5-7-14/h3-7,15-16H,2,8-13H2,1H3/q+1. The van der Waals surface area contributed by atoms with Gasteiger partial charge in [0.05, 0.1) is 32.8 Å². The second kappa shape index (κ2) is 5.57. The number of hydrogen-bond donors (Lipinski definition) is 0. The number of nitrogens with zero attached hydrogens (tertiary/aromatic N) is 1. The maximum absolute atomic E-state index is 12.0. The average Bonchev–Trinajstić information content (AvgIpc) is 3.05. The van der Waals surface area contributed by atoms with Crippen molar-refractivity contribution >= 4 is 5.97 Å². The number of ether oxygens (including phenoxy) is 1. The van der Waals surface area contributed by atoms with E-state index in [-0.39, 0.29) is 11.9 Å². The van der Waals surface area contributed by atoms with Gasteiger partial charge in [0.25, 0.3) is 0 Å². The van der Waals surface area contributed by atoms with Crippen LogP contribution in [-0.4, -0.2) is 43.2 Å². The molecule has 1 aromatic rings. The van der Waals surface area contributed by atoms with Gasteiger partial charge in [-0.15, -0.1) is 0 Å². The summed E-state index contributed by atoms with van der Waals surface area (Å²) in [6, 6.07) is 10.7. The van der Waals surface area contributed by atoms with Gasteiger partial charge in [0, 0.05) is 18.8 Å². The molecule has 2 bridgehead atoms. The predicted octanol–water partition coefficient (Wildman–Crippen LogP) is 2.26. The molecular formula is C17H24NO2+. The number of rotatable bonds is 5. The maximum atomic E-state index is 12.0. The molecule has 108 valence electrons. The van der Waals surface area contributed by atoms with Gasteiger partial charge in [0.2, 0.25) is 0 Å². The maximum Gasteiger partial charge on any atom is 0.315 e. The molecule has 2 aliphatic heterocycles. The SMILES string of the molecule is CCOC(=O)C1C[N+]2(CCc3ccccc3)CCC1C2. The Morgan fingerprint density at radius 3 is 2.85 bits per heavy atom. The van der Waals surface area contributed by atoms with E-state index >= 15 is 0 Å². The van der Waals surface area contributed by atoms with Gasteiger partial charge in [0.15, 0.2) is 0 Å². The summed E-state index contributed by atoms with van der Waals surface area (Å²) in [5.74, 6) is 0.751. The van der Waals surface area contributed by atoms with Gasteiger partial charge in [-0.3, -0.25) is 4.79 Å². The summed E-state index contributed by atoms with van der Waals surface area (Å²) < 4.78 is 6.37. The van der Waals surface area contributed by atoms with Crippen LogP contribution in [0.3, 0.4) is 0 Å². The van der Waals surface area contributed by atoms with E-state index in [2.05, 4.69) is 30.3 Å². The third-order valence-electron chi connectivity index (χ3n) is 5.06. The van der Waals surface area contributed by atoms with Gasteiger partial charge in [-0.25, -0.2) is 0 Å². The highest BCUT2D eigenvalue weighted by atomic mass is 16.5. The van der Waals surface area contributed by atoms with E-state index in [1.54, 1.807) is 0 Å². The van der Waals surface area contributed by atoms with E-state index in [1.807, 2.05) is 6.92 Å². The summed E-state index contributed by atoms with van der Waals surface area (Å²) in [6.07, 6.45) is 2.31. The Morgan fingerprint density at radius 1 is 1.30 bits per heavy atom. The Balaban J connectivity index is 1.61. The van der Waals surface area contributed by atoms with Crippen molar-refractivity contribution in [2.75, 3.05) is 32.8 Å². The Kier molecular flexibility index (Phi) is 3.79. The molecule has 0 amide bonds. The monoisotopic (exact) mass is 274 g/mol. The zero-order valence-corrected chi connectivity index (χ0v) is 12.3. The van der Waals surface area contributed by atoms with Crippen LogP contribution in [0.15, 0.2) is 30.3 Å². The molecule has 3 unspecified atom stereocenters. The summed E-state index contributed by atoms with van der Waals surface area (Å²) in [7, 11) is 0. The minimum atomic E-state index is 0.0388. The van der Waals surface area contributed by atoms with Crippen LogP contribution < -0.4 is 0 Å². The van der Waals surface area contributed by atoms with Crippen LogP contribution in [0.5, 0.6) is 0 Å². The zero-order valence-electron chi connectivity index (χ0n) is 12.3. The Bertz CT molecular complexity index is 473. The number of quaternary nitrogens is 1. The van der Waals surface area contributed by atoms with Crippen molar-refractivity contribution in [3.05, 3.63) is 35.9 Å². The lowest BCUT2D eigenvalue weighted by Gasteiger charge is -2.33.